The molecule has 7 nitrogen and oxygen atoms in total. The molecule has 0 amide bonds. The second-order valence-corrected chi connectivity index (χ2v) is 6.61. The number of halogens is 1. The van der Waals surface area contributed by atoms with Gasteiger partial charge in [-0.1, -0.05) is 11.6 Å². The average molecular weight is 341 g/mol. The number of methoxy groups -OCH3 is 1. The van der Waals surface area contributed by atoms with E-state index in [2.05, 4.69) is 9.84 Å². The Balaban J connectivity index is 2.36. The molecule has 0 unspecified atom stereocenters. The zero-order valence-electron chi connectivity index (χ0n) is 12.2. The molecule has 0 fully saturated rings. The molecule has 0 bridgehead atoms. The van der Waals surface area contributed by atoms with Gasteiger partial charge in [-0.2, -0.15) is 0 Å². The molecule has 0 radical (unpaired) electrons. The molecule has 0 spiro atoms. The molecule has 0 aliphatic heterocycles. The summed E-state index contributed by atoms with van der Waals surface area (Å²) in [4.78, 5) is 25.8. The Morgan fingerprint density at radius 1 is 1.41 bits per heavy atom. The number of carbonyl (C=O) groups is 1. The van der Waals surface area contributed by atoms with Crippen molar-refractivity contribution in [2.45, 2.75) is 6.54 Å². The fourth-order valence-corrected chi connectivity index (χ4v) is 3.41. The van der Waals surface area contributed by atoms with Crippen LogP contribution >= 0.6 is 22.9 Å². The molecule has 3 rings (SSSR count). The van der Waals surface area contributed by atoms with Crippen molar-refractivity contribution in [3.05, 3.63) is 26.8 Å². The van der Waals surface area contributed by atoms with Crippen molar-refractivity contribution in [2.24, 2.45) is 0 Å². The molecule has 3 aromatic heterocycles. The van der Waals surface area contributed by atoms with Crippen LogP contribution in [0.4, 0.5) is 5.95 Å². The van der Waals surface area contributed by atoms with Gasteiger partial charge in [0.2, 0.25) is 5.95 Å². The first-order valence-electron chi connectivity index (χ1n) is 6.38. The number of hydrogen-bond acceptors (Lipinski definition) is 6. The van der Waals surface area contributed by atoms with E-state index in [1.165, 1.54) is 18.4 Å². The lowest BCUT2D eigenvalue weighted by Gasteiger charge is -2.15. The number of ether oxygens (including phenoxy) is 1. The van der Waals surface area contributed by atoms with Crippen molar-refractivity contribution >= 4 is 50.6 Å². The SMILES string of the molecule is COC(=O)Cn1nc(N(C)C)n2c(cc3sc(Cl)cc32)c1=O. The fraction of sp³-hybridized carbons (Fsp3) is 0.308. The highest BCUT2D eigenvalue weighted by Gasteiger charge is 2.18. The van der Waals surface area contributed by atoms with E-state index in [4.69, 9.17) is 11.6 Å². The zero-order chi connectivity index (χ0) is 16.0. The lowest BCUT2D eigenvalue weighted by Crippen LogP contribution is -2.31. The number of carbonyl (C=O) groups excluding carboxylic acids is 1. The van der Waals surface area contributed by atoms with E-state index in [1.807, 2.05) is 14.1 Å². The number of rotatable bonds is 3. The van der Waals surface area contributed by atoms with Gasteiger partial charge in [0.05, 0.1) is 21.7 Å². The van der Waals surface area contributed by atoms with E-state index < -0.39 is 5.97 Å². The number of fused-ring (bicyclic) bond motifs is 3. The van der Waals surface area contributed by atoms with Gasteiger partial charge < -0.3 is 9.64 Å². The van der Waals surface area contributed by atoms with Gasteiger partial charge in [-0.3, -0.25) is 14.0 Å². The summed E-state index contributed by atoms with van der Waals surface area (Å²) in [6.45, 7) is -0.230. The van der Waals surface area contributed by atoms with Gasteiger partial charge in [-0.05, 0) is 12.1 Å². The van der Waals surface area contributed by atoms with E-state index in [1.54, 1.807) is 21.4 Å². The van der Waals surface area contributed by atoms with Crippen molar-refractivity contribution in [1.29, 1.82) is 0 Å². The Morgan fingerprint density at radius 2 is 2.14 bits per heavy atom. The molecule has 3 aromatic rings. The predicted molar refractivity (Wildman–Crippen MR) is 86.2 cm³/mol. The molecule has 0 aliphatic carbocycles. The van der Waals surface area contributed by atoms with Crippen LogP contribution in [0.15, 0.2) is 16.9 Å². The predicted octanol–water partition coefficient (Wildman–Crippen LogP) is 1.60. The first-order chi connectivity index (χ1) is 10.4. The monoisotopic (exact) mass is 340 g/mol. The average Bonchev–Trinajstić information content (AvgIpc) is 2.97. The van der Waals surface area contributed by atoms with Gasteiger partial charge in [0.25, 0.3) is 5.56 Å². The Morgan fingerprint density at radius 3 is 2.77 bits per heavy atom. The van der Waals surface area contributed by atoms with Crippen molar-refractivity contribution in [3.63, 3.8) is 0 Å². The van der Waals surface area contributed by atoms with Gasteiger partial charge in [0.1, 0.15) is 12.1 Å². The van der Waals surface area contributed by atoms with Gasteiger partial charge >= 0.3 is 5.97 Å². The molecule has 0 saturated carbocycles. The highest BCUT2D eigenvalue weighted by Crippen LogP contribution is 2.32. The number of hydrogen-bond donors (Lipinski definition) is 0. The third-order valence-electron chi connectivity index (χ3n) is 3.23. The van der Waals surface area contributed by atoms with Crippen LogP contribution in [0.25, 0.3) is 15.7 Å². The number of esters is 1. The van der Waals surface area contributed by atoms with Crippen LogP contribution in [0.3, 0.4) is 0 Å². The largest absolute Gasteiger partial charge is 0.468 e. The maximum absolute atomic E-state index is 12.5. The topological polar surface area (TPSA) is 68.8 Å². The van der Waals surface area contributed by atoms with Crippen molar-refractivity contribution < 1.29 is 9.53 Å². The maximum Gasteiger partial charge on any atom is 0.327 e. The quantitative estimate of drug-likeness (QED) is 0.677. The van der Waals surface area contributed by atoms with Crippen molar-refractivity contribution in [1.82, 2.24) is 14.2 Å². The van der Waals surface area contributed by atoms with E-state index in [-0.39, 0.29) is 12.1 Å². The standard InChI is InChI=1S/C13H13ClN4O3S/c1-16(2)13-15-17(6-11(19)21-3)12(20)8-4-9-7(18(8)13)5-10(14)22-9/h4-5H,6H2,1-3H3. The number of aromatic nitrogens is 3. The summed E-state index contributed by atoms with van der Waals surface area (Å²) < 4.78 is 9.00. The van der Waals surface area contributed by atoms with Crippen molar-refractivity contribution in [2.75, 3.05) is 26.1 Å². The summed E-state index contributed by atoms with van der Waals surface area (Å²) in [5, 5.41) is 4.27. The summed E-state index contributed by atoms with van der Waals surface area (Å²) in [5.41, 5.74) is 0.916. The van der Waals surface area contributed by atoms with Crippen LogP contribution in [0, 0.1) is 0 Å². The summed E-state index contributed by atoms with van der Waals surface area (Å²) in [6, 6.07) is 3.56. The van der Waals surface area contributed by atoms with Crippen LogP contribution in [0.5, 0.6) is 0 Å². The first-order valence-corrected chi connectivity index (χ1v) is 7.57. The van der Waals surface area contributed by atoms with Crippen LogP contribution < -0.4 is 10.5 Å². The minimum absolute atomic E-state index is 0.230. The highest BCUT2D eigenvalue weighted by atomic mass is 35.5. The minimum Gasteiger partial charge on any atom is -0.468 e. The second-order valence-electron chi connectivity index (χ2n) is 4.90. The zero-order valence-corrected chi connectivity index (χ0v) is 13.7. The van der Waals surface area contributed by atoms with E-state index in [9.17, 15) is 9.59 Å². The summed E-state index contributed by atoms with van der Waals surface area (Å²) in [7, 11) is 4.90. The lowest BCUT2D eigenvalue weighted by molar-refractivity contribution is -0.141. The molecule has 3 heterocycles. The number of thiophene rings is 1. The highest BCUT2D eigenvalue weighted by molar-refractivity contribution is 7.22. The van der Waals surface area contributed by atoms with Crippen LogP contribution in [-0.2, 0) is 16.1 Å². The Bertz CT molecular complexity index is 940. The molecule has 0 aliphatic rings. The van der Waals surface area contributed by atoms with E-state index >= 15 is 0 Å². The van der Waals surface area contributed by atoms with Gasteiger partial charge in [0, 0.05) is 14.1 Å². The molecule has 0 N–H and O–H groups in total. The van der Waals surface area contributed by atoms with Crippen molar-refractivity contribution in [3.8, 4) is 0 Å². The molecule has 116 valence electrons. The number of nitrogens with zero attached hydrogens (tertiary/aromatic N) is 4. The third-order valence-corrected chi connectivity index (χ3v) is 4.43. The van der Waals surface area contributed by atoms with Gasteiger partial charge in [-0.15, -0.1) is 16.4 Å². The third kappa shape index (κ3) is 2.24. The Kier molecular flexibility index (Phi) is 3.57. The summed E-state index contributed by atoms with van der Waals surface area (Å²) in [6.07, 6.45) is 0. The van der Waals surface area contributed by atoms with Crippen LogP contribution in [-0.4, -0.2) is 41.4 Å². The van der Waals surface area contributed by atoms with E-state index in [0.29, 0.717) is 15.8 Å². The molecule has 0 aromatic carbocycles. The first kappa shape index (κ1) is 14.9. The van der Waals surface area contributed by atoms with Gasteiger partial charge in [0.15, 0.2) is 0 Å². The lowest BCUT2D eigenvalue weighted by atomic mass is 10.5. The van der Waals surface area contributed by atoms with Crippen LogP contribution in [0.2, 0.25) is 4.34 Å². The number of anilines is 1. The van der Waals surface area contributed by atoms with Crippen LogP contribution in [0.1, 0.15) is 0 Å². The Labute approximate surface area is 134 Å². The Hall–Kier alpha value is -2.06. The molecule has 9 heteroatoms. The molecular formula is C13H13ClN4O3S. The molecule has 0 atom stereocenters. The summed E-state index contributed by atoms with van der Waals surface area (Å²) >= 11 is 7.43. The van der Waals surface area contributed by atoms with E-state index in [0.717, 1.165) is 14.9 Å². The fourth-order valence-electron chi connectivity index (χ4n) is 2.25. The molecular weight excluding hydrogens is 328 g/mol. The van der Waals surface area contributed by atoms with Gasteiger partial charge in [-0.25, -0.2) is 4.68 Å². The smallest absolute Gasteiger partial charge is 0.327 e. The maximum atomic E-state index is 12.5. The second kappa shape index (κ2) is 5.29. The minimum atomic E-state index is -0.528. The molecule has 22 heavy (non-hydrogen) atoms. The molecule has 0 saturated heterocycles. The summed E-state index contributed by atoms with van der Waals surface area (Å²) in [5.74, 6) is 0.00281. The normalized spacial score (nSPS) is 11.3.